The largest absolute Gasteiger partial charge is 0.477 e. The van der Waals surface area contributed by atoms with Crippen LogP contribution in [-0.2, 0) is 10.0 Å². The average Bonchev–Trinajstić information content (AvgIpc) is 2.62. The number of aromatic carboxylic acids is 1. The number of hydrogen-bond donors (Lipinski definition) is 1. The number of sulfonamides is 1. The SMILES string of the molecule is O=C(O)c1cccc(C2=CCN(S(=O)(=O)c3cccnc3)CC2)n1. The first-order valence-electron chi connectivity index (χ1n) is 7.28. The number of carboxylic acids is 1. The minimum Gasteiger partial charge on any atom is -0.477 e. The average molecular weight is 345 g/mol. The van der Waals surface area contributed by atoms with Crippen molar-refractivity contribution in [1.29, 1.82) is 0 Å². The molecule has 2 aromatic rings. The fourth-order valence-electron chi connectivity index (χ4n) is 2.48. The van der Waals surface area contributed by atoms with Crippen LogP contribution in [0.25, 0.3) is 5.57 Å². The molecule has 0 bridgehead atoms. The Hall–Kier alpha value is -2.58. The maximum Gasteiger partial charge on any atom is 0.354 e. The molecule has 0 spiro atoms. The van der Waals surface area contributed by atoms with E-state index in [0.717, 1.165) is 5.57 Å². The molecule has 0 saturated carbocycles. The first kappa shape index (κ1) is 16.3. The van der Waals surface area contributed by atoms with Crippen LogP contribution < -0.4 is 0 Å². The van der Waals surface area contributed by atoms with Crippen molar-refractivity contribution in [3.05, 3.63) is 60.2 Å². The van der Waals surface area contributed by atoms with Gasteiger partial charge in [-0.25, -0.2) is 18.2 Å². The summed E-state index contributed by atoms with van der Waals surface area (Å²) in [6, 6.07) is 7.88. The van der Waals surface area contributed by atoms with Crippen LogP contribution in [0.3, 0.4) is 0 Å². The minimum atomic E-state index is -3.58. The van der Waals surface area contributed by atoms with Crippen molar-refractivity contribution >= 4 is 21.6 Å². The van der Waals surface area contributed by atoms with Crippen LogP contribution >= 0.6 is 0 Å². The molecule has 1 aliphatic rings. The molecule has 8 heteroatoms. The molecule has 1 N–H and O–H groups in total. The second kappa shape index (κ2) is 6.50. The molecule has 24 heavy (non-hydrogen) atoms. The number of nitrogens with zero attached hydrogens (tertiary/aromatic N) is 3. The van der Waals surface area contributed by atoms with Crippen LogP contribution in [0.1, 0.15) is 22.6 Å². The van der Waals surface area contributed by atoms with Crippen LogP contribution in [0.4, 0.5) is 0 Å². The van der Waals surface area contributed by atoms with Crippen molar-refractivity contribution in [2.75, 3.05) is 13.1 Å². The molecule has 124 valence electrons. The lowest BCUT2D eigenvalue weighted by atomic mass is 10.1. The quantitative estimate of drug-likeness (QED) is 0.904. The Morgan fingerprint density at radius 2 is 2.04 bits per heavy atom. The lowest BCUT2D eigenvalue weighted by Crippen LogP contribution is -2.34. The van der Waals surface area contributed by atoms with Gasteiger partial charge in [0.05, 0.1) is 5.69 Å². The van der Waals surface area contributed by atoms with Crippen LogP contribution in [0, 0.1) is 0 Å². The molecular formula is C16H15N3O4S. The molecular weight excluding hydrogens is 330 g/mol. The Balaban J connectivity index is 1.82. The van der Waals surface area contributed by atoms with Gasteiger partial charge in [-0.2, -0.15) is 4.31 Å². The molecule has 0 fully saturated rings. The highest BCUT2D eigenvalue weighted by molar-refractivity contribution is 7.89. The highest BCUT2D eigenvalue weighted by Gasteiger charge is 2.26. The van der Waals surface area contributed by atoms with Gasteiger partial charge < -0.3 is 5.11 Å². The number of hydrogen-bond acceptors (Lipinski definition) is 5. The van der Waals surface area contributed by atoms with Crippen LogP contribution in [0.15, 0.2) is 53.7 Å². The van der Waals surface area contributed by atoms with Crippen molar-refractivity contribution in [3.8, 4) is 0 Å². The third-order valence-corrected chi connectivity index (χ3v) is 5.59. The van der Waals surface area contributed by atoms with E-state index in [9.17, 15) is 13.2 Å². The van der Waals surface area contributed by atoms with Gasteiger partial charge in [0, 0.05) is 25.5 Å². The number of carboxylic acid groups (broad SMARTS) is 1. The maximum absolute atomic E-state index is 12.5. The molecule has 0 saturated heterocycles. The van der Waals surface area contributed by atoms with Gasteiger partial charge in [0.2, 0.25) is 10.0 Å². The van der Waals surface area contributed by atoms with Gasteiger partial charge in [-0.05, 0) is 36.3 Å². The number of pyridine rings is 2. The van der Waals surface area contributed by atoms with E-state index < -0.39 is 16.0 Å². The summed E-state index contributed by atoms with van der Waals surface area (Å²) in [4.78, 5) is 19.1. The zero-order chi connectivity index (χ0) is 17.2. The van der Waals surface area contributed by atoms with E-state index in [4.69, 9.17) is 5.11 Å². The Bertz CT molecular complexity index is 895. The lowest BCUT2D eigenvalue weighted by molar-refractivity contribution is 0.0690. The maximum atomic E-state index is 12.5. The molecule has 7 nitrogen and oxygen atoms in total. The van der Waals surface area contributed by atoms with Crippen molar-refractivity contribution < 1.29 is 18.3 Å². The molecule has 3 heterocycles. The van der Waals surface area contributed by atoms with Crippen molar-refractivity contribution in [1.82, 2.24) is 14.3 Å². The summed E-state index contributed by atoms with van der Waals surface area (Å²) in [6.07, 6.45) is 5.09. The molecule has 0 amide bonds. The first-order chi connectivity index (χ1) is 11.5. The molecule has 3 rings (SSSR count). The van der Waals surface area contributed by atoms with Crippen molar-refractivity contribution in [2.24, 2.45) is 0 Å². The lowest BCUT2D eigenvalue weighted by Gasteiger charge is -2.25. The number of rotatable bonds is 4. The molecule has 0 aromatic carbocycles. The third-order valence-electron chi connectivity index (χ3n) is 3.74. The predicted octanol–water partition coefficient (Wildman–Crippen LogP) is 1.65. The summed E-state index contributed by atoms with van der Waals surface area (Å²) in [5.74, 6) is -1.09. The van der Waals surface area contributed by atoms with Gasteiger partial charge in [0.25, 0.3) is 0 Å². The molecule has 0 radical (unpaired) electrons. The number of carbonyl (C=O) groups is 1. The zero-order valence-corrected chi connectivity index (χ0v) is 13.5. The monoisotopic (exact) mass is 345 g/mol. The summed E-state index contributed by atoms with van der Waals surface area (Å²) >= 11 is 0. The Kier molecular flexibility index (Phi) is 4.41. The van der Waals surface area contributed by atoms with E-state index in [1.54, 1.807) is 24.3 Å². The van der Waals surface area contributed by atoms with Gasteiger partial charge >= 0.3 is 5.97 Å². The molecule has 0 atom stereocenters. The molecule has 2 aromatic heterocycles. The van der Waals surface area contributed by atoms with Crippen molar-refractivity contribution in [3.63, 3.8) is 0 Å². The standard InChI is InChI=1S/C16H15N3O4S/c20-16(21)15-5-1-4-14(18-15)12-6-9-19(10-7-12)24(22,23)13-3-2-8-17-11-13/h1-6,8,11H,7,9-10H2,(H,20,21). The van der Waals surface area contributed by atoms with E-state index >= 15 is 0 Å². The van der Waals surface area contributed by atoms with Gasteiger partial charge in [0.1, 0.15) is 10.6 Å². The zero-order valence-electron chi connectivity index (χ0n) is 12.7. The predicted molar refractivity (Wildman–Crippen MR) is 86.8 cm³/mol. The topological polar surface area (TPSA) is 100 Å². The van der Waals surface area contributed by atoms with Crippen LogP contribution in [0.2, 0.25) is 0 Å². The second-order valence-corrected chi connectivity index (χ2v) is 7.18. The second-order valence-electron chi connectivity index (χ2n) is 5.24. The highest BCUT2D eigenvalue weighted by Crippen LogP contribution is 2.24. The van der Waals surface area contributed by atoms with Crippen LogP contribution in [0.5, 0.6) is 0 Å². The van der Waals surface area contributed by atoms with Crippen molar-refractivity contribution in [2.45, 2.75) is 11.3 Å². The fourth-order valence-corrected chi connectivity index (χ4v) is 3.83. The Morgan fingerprint density at radius 3 is 2.67 bits per heavy atom. The first-order valence-corrected chi connectivity index (χ1v) is 8.72. The van der Waals surface area contributed by atoms with E-state index in [1.807, 2.05) is 0 Å². The molecule has 0 unspecified atom stereocenters. The van der Waals surface area contributed by atoms with E-state index in [2.05, 4.69) is 9.97 Å². The fraction of sp³-hybridized carbons (Fsp3) is 0.188. The van der Waals surface area contributed by atoms with E-state index in [1.165, 1.54) is 28.8 Å². The Morgan fingerprint density at radius 1 is 1.21 bits per heavy atom. The summed E-state index contributed by atoms with van der Waals surface area (Å²) < 4.78 is 26.4. The van der Waals surface area contributed by atoms with E-state index in [0.29, 0.717) is 18.7 Å². The molecule has 0 aliphatic carbocycles. The van der Waals surface area contributed by atoms with E-state index in [-0.39, 0.29) is 17.1 Å². The van der Waals surface area contributed by atoms with Gasteiger partial charge in [0.15, 0.2) is 0 Å². The smallest absolute Gasteiger partial charge is 0.354 e. The summed E-state index contributed by atoms with van der Waals surface area (Å²) in [7, 11) is -3.58. The normalized spacial score (nSPS) is 15.8. The molecule has 1 aliphatic heterocycles. The highest BCUT2D eigenvalue weighted by atomic mass is 32.2. The number of aromatic nitrogens is 2. The Labute approximate surface area is 139 Å². The third kappa shape index (κ3) is 3.19. The summed E-state index contributed by atoms with van der Waals surface area (Å²) in [5.41, 5.74) is 1.38. The van der Waals surface area contributed by atoms with Gasteiger partial charge in [-0.1, -0.05) is 12.1 Å². The van der Waals surface area contributed by atoms with Gasteiger partial charge in [-0.15, -0.1) is 0 Å². The summed E-state index contributed by atoms with van der Waals surface area (Å²) in [5, 5.41) is 9.01. The van der Waals surface area contributed by atoms with Gasteiger partial charge in [-0.3, -0.25) is 4.98 Å². The minimum absolute atomic E-state index is 0.0289. The van der Waals surface area contributed by atoms with Crippen LogP contribution in [-0.4, -0.2) is 46.9 Å². The summed E-state index contributed by atoms with van der Waals surface area (Å²) in [6.45, 7) is 0.521.